The smallest absolute Gasteiger partial charge is 0.188 e. The van der Waals surface area contributed by atoms with E-state index < -0.39 is 18.9 Å². The maximum absolute atomic E-state index is 9.75. The van der Waals surface area contributed by atoms with Crippen LogP contribution < -0.4 is 0 Å². The highest BCUT2D eigenvalue weighted by atomic mass is 17.1. The predicted octanol–water partition coefficient (Wildman–Crippen LogP) is 2.33. The number of hydrogen-bond donors (Lipinski definition) is 4. The van der Waals surface area contributed by atoms with E-state index in [1.807, 2.05) is 0 Å². The SMILES string of the molecule is CCC(CCCC(C)C1CC(O)OC1O)C(C)CC(O)OO. The summed E-state index contributed by atoms with van der Waals surface area (Å²) >= 11 is 0. The van der Waals surface area contributed by atoms with Gasteiger partial charge in [-0.15, -0.1) is 0 Å². The number of aliphatic hydroxyl groups is 3. The maximum Gasteiger partial charge on any atom is 0.188 e. The molecule has 1 aliphatic heterocycles. The summed E-state index contributed by atoms with van der Waals surface area (Å²) in [7, 11) is 0. The Labute approximate surface area is 133 Å². The van der Waals surface area contributed by atoms with Crippen molar-refractivity contribution in [3.05, 3.63) is 0 Å². The zero-order valence-electron chi connectivity index (χ0n) is 13.9. The summed E-state index contributed by atoms with van der Waals surface area (Å²) in [4.78, 5) is 3.94. The molecule has 22 heavy (non-hydrogen) atoms. The molecule has 7 unspecified atom stereocenters. The van der Waals surface area contributed by atoms with Gasteiger partial charge in [-0.25, -0.2) is 10.1 Å². The number of ether oxygens (including phenoxy) is 1. The van der Waals surface area contributed by atoms with E-state index in [1.165, 1.54) is 0 Å². The summed E-state index contributed by atoms with van der Waals surface area (Å²) in [5.74, 6) is 1.03. The first kappa shape index (κ1) is 19.8. The fraction of sp³-hybridized carbons (Fsp3) is 1.00. The summed E-state index contributed by atoms with van der Waals surface area (Å²) in [6, 6.07) is 0. The second-order valence-corrected chi connectivity index (χ2v) is 6.73. The van der Waals surface area contributed by atoms with E-state index >= 15 is 0 Å². The Hall–Kier alpha value is -0.240. The third kappa shape index (κ3) is 6.10. The van der Waals surface area contributed by atoms with Gasteiger partial charge in [0, 0.05) is 18.8 Å². The topological polar surface area (TPSA) is 99.4 Å². The molecule has 6 nitrogen and oxygen atoms in total. The van der Waals surface area contributed by atoms with E-state index in [0.717, 1.165) is 25.7 Å². The lowest BCUT2D eigenvalue weighted by atomic mass is 9.82. The molecule has 132 valence electrons. The third-order valence-corrected chi connectivity index (χ3v) is 5.13. The minimum Gasteiger partial charge on any atom is -0.368 e. The first-order valence-corrected chi connectivity index (χ1v) is 8.38. The lowest BCUT2D eigenvalue weighted by molar-refractivity contribution is -0.338. The largest absolute Gasteiger partial charge is 0.368 e. The van der Waals surface area contributed by atoms with E-state index in [1.54, 1.807) is 0 Å². The summed E-state index contributed by atoms with van der Waals surface area (Å²) in [5, 5.41) is 37.0. The molecule has 1 aliphatic rings. The standard InChI is InChI=1S/C16H32O6/c1-4-12(11(3)8-15(18)22-20)7-5-6-10(2)13-9-14(17)21-16(13)19/h10-20H,4-9H2,1-3H3. The van der Waals surface area contributed by atoms with Gasteiger partial charge in [0.2, 0.25) is 0 Å². The summed E-state index contributed by atoms with van der Waals surface area (Å²) in [6.45, 7) is 6.27. The first-order valence-electron chi connectivity index (χ1n) is 8.38. The van der Waals surface area contributed by atoms with Crippen LogP contribution in [0.3, 0.4) is 0 Å². The van der Waals surface area contributed by atoms with Crippen LogP contribution in [-0.4, -0.2) is 39.4 Å². The van der Waals surface area contributed by atoms with Gasteiger partial charge in [-0.3, -0.25) is 0 Å². The number of rotatable bonds is 10. The second-order valence-electron chi connectivity index (χ2n) is 6.73. The predicted molar refractivity (Wildman–Crippen MR) is 81.5 cm³/mol. The Morgan fingerprint density at radius 1 is 1.23 bits per heavy atom. The average molecular weight is 320 g/mol. The molecular weight excluding hydrogens is 288 g/mol. The molecule has 0 bridgehead atoms. The third-order valence-electron chi connectivity index (χ3n) is 5.13. The molecule has 1 heterocycles. The molecule has 0 aromatic carbocycles. The molecule has 0 spiro atoms. The van der Waals surface area contributed by atoms with Crippen molar-refractivity contribution in [1.82, 2.24) is 0 Å². The van der Waals surface area contributed by atoms with Gasteiger partial charge in [-0.2, -0.15) is 0 Å². The normalized spacial score (nSPS) is 31.0. The van der Waals surface area contributed by atoms with E-state index in [4.69, 9.17) is 9.99 Å². The molecule has 6 heteroatoms. The molecule has 0 aromatic heterocycles. The van der Waals surface area contributed by atoms with Crippen LogP contribution in [-0.2, 0) is 9.62 Å². The van der Waals surface area contributed by atoms with Crippen molar-refractivity contribution < 1.29 is 30.2 Å². The van der Waals surface area contributed by atoms with Crippen LogP contribution in [0.4, 0.5) is 0 Å². The van der Waals surface area contributed by atoms with Crippen LogP contribution in [0.1, 0.15) is 59.3 Å². The Balaban J connectivity index is 2.31. The van der Waals surface area contributed by atoms with Crippen molar-refractivity contribution in [3.63, 3.8) is 0 Å². The van der Waals surface area contributed by atoms with Gasteiger partial charge in [-0.1, -0.05) is 46.5 Å². The Morgan fingerprint density at radius 2 is 1.91 bits per heavy atom. The van der Waals surface area contributed by atoms with E-state index in [0.29, 0.717) is 24.7 Å². The second kappa shape index (κ2) is 9.80. The van der Waals surface area contributed by atoms with Crippen molar-refractivity contribution in [3.8, 4) is 0 Å². The van der Waals surface area contributed by atoms with Gasteiger partial charge in [0.1, 0.15) is 0 Å². The van der Waals surface area contributed by atoms with Crippen LogP contribution in [0.2, 0.25) is 0 Å². The van der Waals surface area contributed by atoms with Crippen LogP contribution in [0, 0.1) is 23.7 Å². The molecule has 4 N–H and O–H groups in total. The monoisotopic (exact) mass is 320 g/mol. The highest BCUT2D eigenvalue weighted by Crippen LogP contribution is 2.34. The van der Waals surface area contributed by atoms with Crippen LogP contribution in [0.15, 0.2) is 0 Å². The van der Waals surface area contributed by atoms with E-state index in [2.05, 4.69) is 25.7 Å². The van der Waals surface area contributed by atoms with Gasteiger partial charge in [0.15, 0.2) is 18.9 Å². The van der Waals surface area contributed by atoms with Gasteiger partial charge in [0.25, 0.3) is 0 Å². The molecular formula is C16H32O6. The lowest BCUT2D eigenvalue weighted by Crippen LogP contribution is -2.22. The van der Waals surface area contributed by atoms with Gasteiger partial charge >= 0.3 is 0 Å². The highest BCUT2D eigenvalue weighted by Gasteiger charge is 2.36. The fourth-order valence-corrected chi connectivity index (χ4v) is 3.54. The molecule has 0 saturated carbocycles. The first-order chi connectivity index (χ1) is 10.4. The van der Waals surface area contributed by atoms with Crippen molar-refractivity contribution in [2.45, 2.75) is 78.2 Å². The van der Waals surface area contributed by atoms with E-state index in [-0.39, 0.29) is 11.8 Å². The van der Waals surface area contributed by atoms with Gasteiger partial charge < -0.3 is 20.1 Å². The molecule has 0 amide bonds. The summed E-state index contributed by atoms with van der Waals surface area (Å²) in [5.41, 5.74) is 0. The lowest BCUT2D eigenvalue weighted by Gasteiger charge is -2.25. The molecule has 0 radical (unpaired) electrons. The van der Waals surface area contributed by atoms with Crippen molar-refractivity contribution in [2.75, 3.05) is 0 Å². The zero-order chi connectivity index (χ0) is 16.7. The van der Waals surface area contributed by atoms with Crippen molar-refractivity contribution >= 4 is 0 Å². The van der Waals surface area contributed by atoms with E-state index in [9.17, 15) is 15.3 Å². The minimum absolute atomic E-state index is 0.00267. The minimum atomic E-state index is -1.12. The van der Waals surface area contributed by atoms with Crippen molar-refractivity contribution in [1.29, 1.82) is 0 Å². The molecule has 0 aliphatic carbocycles. The molecule has 0 aromatic rings. The van der Waals surface area contributed by atoms with Crippen LogP contribution >= 0.6 is 0 Å². The van der Waals surface area contributed by atoms with Gasteiger partial charge in [-0.05, 0) is 17.8 Å². The zero-order valence-corrected chi connectivity index (χ0v) is 13.9. The molecule has 1 rings (SSSR count). The maximum atomic E-state index is 9.75. The number of hydrogen-bond acceptors (Lipinski definition) is 6. The number of aliphatic hydroxyl groups excluding tert-OH is 3. The molecule has 1 fully saturated rings. The van der Waals surface area contributed by atoms with Gasteiger partial charge in [0.05, 0.1) is 0 Å². The Bertz CT molecular complexity index is 300. The Kier molecular flexibility index (Phi) is 8.82. The molecule has 7 atom stereocenters. The summed E-state index contributed by atoms with van der Waals surface area (Å²) < 4.78 is 4.98. The average Bonchev–Trinajstić information content (AvgIpc) is 2.81. The van der Waals surface area contributed by atoms with Crippen molar-refractivity contribution in [2.24, 2.45) is 23.7 Å². The Morgan fingerprint density at radius 3 is 2.41 bits per heavy atom. The quantitative estimate of drug-likeness (QED) is 0.280. The highest BCUT2D eigenvalue weighted by molar-refractivity contribution is 4.76. The summed E-state index contributed by atoms with van der Waals surface area (Å²) in [6.07, 6.45) is 2.15. The van der Waals surface area contributed by atoms with Crippen LogP contribution in [0.5, 0.6) is 0 Å². The molecule has 1 saturated heterocycles. The fourth-order valence-electron chi connectivity index (χ4n) is 3.54. The van der Waals surface area contributed by atoms with Crippen LogP contribution in [0.25, 0.3) is 0 Å².